The third-order valence-corrected chi connectivity index (χ3v) is 4.54. The second-order valence-electron chi connectivity index (χ2n) is 6.86. The third-order valence-electron chi connectivity index (χ3n) is 4.54. The molecule has 0 unspecified atom stereocenters. The molecule has 0 fully saturated rings. The van der Waals surface area contributed by atoms with E-state index in [1.807, 2.05) is 30.3 Å². The largest absolute Gasteiger partial charge is 0.480 e. The molecule has 0 aromatic heterocycles. The van der Waals surface area contributed by atoms with Gasteiger partial charge < -0.3 is 21.1 Å². The van der Waals surface area contributed by atoms with Crippen LogP contribution in [0.4, 0.5) is 5.69 Å². The Bertz CT molecular complexity index is 1070. The van der Waals surface area contributed by atoms with Gasteiger partial charge in [0.05, 0.1) is 5.56 Å². The predicted octanol–water partition coefficient (Wildman–Crippen LogP) is 3.12. The van der Waals surface area contributed by atoms with Crippen LogP contribution in [0.25, 0.3) is 0 Å². The zero-order chi connectivity index (χ0) is 22.2. The second kappa shape index (κ2) is 10.1. The maximum atomic E-state index is 12.6. The smallest absolute Gasteiger partial charge is 0.265 e. The minimum atomic E-state index is -0.862. The number of amides is 3. The molecule has 0 bridgehead atoms. The lowest BCUT2D eigenvalue weighted by molar-refractivity contribution is -0.122. The topological polar surface area (TPSA) is 111 Å². The molecule has 0 saturated heterocycles. The van der Waals surface area contributed by atoms with E-state index in [0.29, 0.717) is 29.1 Å². The highest BCUT2D eigenvalue weighted by molar-refractivity contribution is 5.98. The molecule has 158 valence electrons. The van der Waals surface area contributed by atoms with Crippen LogP contribution in [-0.2, 0) is 11.3 Å². The van der Waals surface area contributed by atoms with Crippen LogP contribution in [0.5, 0.6) is 5.75 Å². The molecule has 3 amide bonds. The molecule has 0 aliphatic carbocycles. The maximum Gasteiger partial charge on any atom is 0.265 e. The van der Waals surface area contributed by atoms with Crippen molar-refractivity contribution in [2.24, 2.45) is 5.73 Å². The average molecular weight is 417 g/mol. The number of carbonyl (C=O) groups excluding carboxylic acids is 3. The summed E-state index contributed by atoms with van der Waals surface area (Å²) in [6.45, 7) is 1.97. The van der Waals surface area contributed by atoms with Gasteiger partial charge in [0, 0.05) is 17.8 Å². The van der Waals surface area contributed by atoms with E-state index in [1.54, 1.807) is 43.3 Å². The first-order chi connectivity index (χ1) is 14.9. The number of primary amides is 1. The maximum absolute atomic E-state index is 12.6. The lowest BCUT2D eigenvalue weighted by atomic mass is 10.1. The molecule has 0 radical (unpaired) electrons. The third kappa shape index (κ3) is 5.93. The van der Waals surface area contributed by atoms with E-state index in [1.165, 1.54) is 12.1 Å². The minimum absolute atomic E-state index is 0.297. The predicted molar refractivity (Wildman–Crippen MR) is 118 cm³/mol. The highest BCUT2D eigenvalue weighted by atomic mass is 16.5. The number of hydrogen-bond acceptors (Lipinski definition) is 4. The van der Waals surface area contributed by atoms with Gasteiger partial charge in [0.1, 0.15) is 5.75 Å². The Hall–Kier alpha value is -4.13. The number of rotatable bonds is 8. The van der Waals surface area contributed by atoms with Gasteiger partial charge in [0.2, 0.25) is 5.91 Å². The summed E-state index contributed by atoms with van der Waals surface area (Å²) < 4.78 is 5.77. The summed E-state index contributed by atoms with van der Waals surface area (Å²) in [5.41, 5.74) is 7.37. The molecule has 0 spiro atoms. The fourth-order valence-electron chi connectivity index (χ4n) is 2.84. The van der Waals surface area contributed by atoms with Crippen molar-refractivity contribution < 1.29 is 19.1 Å². The first kappa shape index (κ1) is 21.6. The summed E-state index contributed by atoms with van der Waals surface area (Å²) in [7, 11) is 0. The molecule has 3 aromatic carbocycles. The SMILES string of the molecule is C[C@H](Oc1ccccc1C(=O)NCc1ccccc1)C(=O)Nc1ccc(C(N)=O)cc1. The van der Waals surface area contributed by atoms with Crippen molar-refractivity contribution in [1.82, 2.24) is 5.32 Å². The quantitative estimate of drug-likeness (QED) is 0.523. The van der Waals surface area contributed by atoms with Crippen LogP contribution < -0.4 is 21.1 Å². The molecule has 0 heterocycles. The first-order valence-corrected chi connectivity index (χ1v) is 9.72. The molecule has 0 saturated carbocycles. The van der Waals surface area contributed by atoms with Gasteiger partial charge in [-0.1, -0.05) is 42.5 Å². The molecule has 3 rings (SSSR count). The number of hydrogen-bond donors (Lipinski definition) is 3. The van der Waals surface area contributed by atoms with Crippen molar-refractivity contribution in [3.8, 4) is 5.75 Å². The standard InChI is InChI=1S/C24H23N3O4/c1-16(23(29)27-19-13-11-18(12-14-19)22(25)28)31-21-10-6-5-9-20(21)24(30)26-15-17-7-3-2-4-8-17/h2-14,16H,15H2,1H3,(H2,25,28)(H,26,30)(H,27,29)/t16-/m0/s1. The van der Waals surface area contributed by atoms with Gasteiger partial charge in [0.25, 0.3) is 11.8 Å². The fourth-order valence-corrected chi connectivity index (χ4v) is 2.84. The van der Waals surface area contributed by atoms with Gasteiger partial charge in [-0.2, -0.15) is 0 Å². The molecule has 7 heteroatoms. The zero-order valence-corrected chi connectivity index (χ0v) is 17.0. The summed E-state index contributed by atoms with van der Waals surface area (Å²) in [5.74, 6) is -0.933. The van der Waals surface area contributed by atoms with Crippen molar-refractivity contribution in [2.75, 3.05) is 5.32 Å². The van der Waals surface area contributed by atoms with Gasteiger partial charge in [-0.15, -0.1) is 0 Å². The number of benzene rings is 3. The van der Waals surface area contributed by atoms with E-state index in [0.717, 1.165) is 5.56 Å². The average Bonchev–Trinajstić information content (AvgIpc) is 2.79. The Morgan fingerprint density at radius 1 is 0.903 bits per heavy atom. The van der Waals surface area contributed by atoms with Gasteiger partial charge >= 0.3 is 0 Å². The minimum Gasteiger partial charge on any atom is -0.480 e. The van der Waals surface area contributed by atoms with Crippen LogP contribution in [0.3, 0.4) is 0 Å². The number of para-hydroxylation sites is 1. The van der Waals surface area contributed by atoms with Crippen molar-refractivity contribution in [3.63, 3.8) is 0 Å². The summed E-state index contributed by atoms with van der Waals surface area (Å²) in [6, 6.07) is 22.5. The Balaban J connectivity index is 1.63. The Kier molecular flexibility index (Phi) is 7.01. The molecule has 0 aliphatic rings. The lowest BCUT2D eigenvalue weighted by Gasteiger charge is -2.17. The van der Waals surface area contributed by atoms with E-state index in [9.17, 15) is 14.4 Å². The highest BCUT2D eigenvalue weighted by Crippen LogP contribution is 2.20. The Morgan fingerprint density at radius 2 is 1.55 bits per heavy atom. The number of ether oxygens (including phenoxy) is 1. The van der Waals surface area contributed by atoms with Gasteiger partial charge in [-0.3, -0.25) is 14.4 Å². The van der Waals surface area contributed by atoms with Crippen LogP contribution in [0, 0.1) is 0 Å². The van der Waals surface area contributed by atoms with E-state index in [2.05, 4.69) is 10.6 Å². The number of nitrogens with one attached hydrogen (secondary N) is 2. The normalized spacial score (nSPS) is 11.3. The molecule has 3 aromatic rings. The summed E-state index contributed by atoms with van der Waals surface area (Å²) >= 11 is 0. The van der Waals surface area contributed by atoms with Crippen molar-refractivity contribution in [1.29, 1.82) is 0 Å². The van der Waals surface area contributed by atoms with Crippen LogP contribution in [0.15, 0.2) is 78.9 Å². The van der Waals surface area contributed by atoms with Crippen molar-refractivity contribution >= 4 is 23.4 Å². The fraction of sp³-hybridized carbons (Fsp3) is 0.125. The van der Waals surface area contributed by atoms with E-state index >= 15 is 0 Å². The van der Waals surface area contributed by atoms with Gasteiger partial charge in [-0.25, -0.2) is 0 Å². The molecular formula is C24H23N3O4. The van der Waals surface area contributed by atoms with Crippen LogP contribution in [-0.4, -0.2) is 23.8 Å². The van der Waals surface area contributed by atoms with E-state index in [4.69, 9.17) is 10.5 Å². The number of carbonyl (C=O) groups is 3. The van der Waals surface area contributed by atoms with Crippen LogP contribution >= 0.6 is 0 Å². The van der Waals surface area contributed by atoms with Gasteiger partial charge in [-0.05, 0) is 48.9 Å². The molecule has 0 aliphatic heterocycles. The zero-order valence-electron chi connectivity index (χ0n) is 17.0. The monoisotopic (exact) mass is 417 g/mol. The molecule has 1 atom stereocenters. The lowest BCUT2D eigenvalue weighted by Crippen LogP contribution is -2.31. The number of anilines is 1. The van der Waals surface area contributed by atoms with Crippen molar-refractivity contribution in [2.45, 2.75) is 19.6 Å². The van der Waals surface area contributed by atoms with Crippen molar-refractivity contribution in [3.05, 3.63) is 95.6 Å². The summed E-state index contributed by atoms with van der Waals surface area (Å²) in [5, 5.41) is 5.56. The summed E-state index contributed by atoms with van der Waals surface area (Å²) in [4.78, 5) is 36.3. The molecule has 4 N–H and O–H groups in total. The van der Waals surface area contributed by atoms with E-state index in [-0.39, 0.29) is 5.91 Å². The Labute approximate surface area is 180 Å². The molecule has 7 nitrogen and oxygen atoms in total. The van der Waals surface area contributed by atoms with E-state index < -0.39 is 17.9 Å². The van der Waals surface area contributed by atoms with Crippen LogP contribution in [0.2, 0.25) is 0 Å². The first-order valence-electron chi connectivity index (χ1n) is 9.72. The Morgan fingerprint density at radius 3 is 2.23 bits per heavy atom. The molecule has 31 heavy (non-hydrogen) atoms. The van der Waals surface area contributed by atoms with Gasteiger partial charge in [0.15, 0.2) is 6.10 Å². The number of nitrogens with two attached hydrogens (primary N) is 1. The molecular weight excluding hydrogens is 394 g/mol. The van der Waals surface area contributed by atoms with Crippen LogP contribution in [0.1, 0.15) is 33.2 Å². The second-order valence-corrected chi connectivity index (χ2v) is 6.86. The summed E-state index contributed by atoms with van der Waals surface area (Å²) in [6.07, 6.45) is -0.862. The highest BCUT2D eigenvalue weighted by Gasteiger charge is 2.19.